The van der Waals surface area contributed by atoms with Crippen molar-refractivity contribution in [3.05, 3.63) is 0 Å². The third-order valence-electron chi connectivity index (χ3n) is 1.51. The van der Waals surface area contributed by atoms with Crippen LogP contribution in [0.15, 0.2) is 0 Å². The highest BCUT2D eigenvalue weighted by Gasteiger charge is 2.08. The molecule has 0 spiro atoms. The molecule has 13 heavy (non-hydrogen) atoms. The normalized spacial score (nSPS) is 13.5. The minimum Gasteiger partial charge on any atom is -0.328 e. The Balaban J connectivity index is 3.48. The Labute approximate surface area is 79.7 Å². The molecule has 5 nitrogen and oxygen atoms in total. The van der Waals surface area contributed by atoms with E-state index in [1.165, 1.54) is 0 Å². The molecular formula is C7H19N2O3P. The highest BCUT2D eigenvalue weighted by atomic mass is 31.1. The van der Waals surface area contributed by atoms with Gasteiger partial charge in [0.05, 0.1) is 12.7 Å². The van der Waals surface area contributed by atoms with E-state index in [0.29, 0.717) is 6.61 Å². The van der Waals surface area contributed by atoms with E-state index in [1.54, 1.807) is 0 Å². The van der Waals surface area contributed by atoms with Gasteiger partial charge in [-0.05, 0) is 6.42 Å². The zero-order valence-electron chi connectivity index (χ0n) is 7.99. The summed E-state index contributed by atoms with van der Waals surface area (Å²) < 4.78 is 21.0. The highest BCUT2D eigenvalue weighted by molar-refractivity contribution is 7.33. The van der Waals surface area contributed by atoms with Crippen molar-refractivity contribution in [2.24, 2.45) is 11.5 Å². The number of nitrogens with two attached hydrogens (primary N) is 2. The maximum Gasteiger partial charge on any atom is 0.319 e. The van der Waals surface area contributed by atoms with Crippen LogP contribution in [0.5, 0.6) is 0 Å². The lowest BCUT2D eigenvalue weighted by Crippen LogP contribution is -2.29. The summed E-state index contributed by atoms with van der Waals surface area (Å²) in [4.78, 5) is 0. The molecule has 0 fully saturated rings. The standard InChI is InChI=1S/C7H19N2O3P/c1-2-3-4-11-13(10)12-7(5-8)6-9/h7,13H,2-6,8-9H2,1H3. The van der Waals surface area contributed by atoms with Crippen LogP contribution >= 0.6 is 8.25 Å². The number of unbranched alkanes of at least 4 members (excludes halogenated alkanes) is 1. The van der Waals surface area contributed by atoms with Gasteiger partial charge in [0.15, 0.2) is 0 Å². The SMILES string of the molecule is CCCCO[PH](=O)OC(CN)CN. The maximum absolute atomic E-state index is 11.1. The summed E-state index contributed by atoms with van der Waals surface area (Å²) in [6, 6.07) is 0. The predicted molar refractivity (Wildman–Crippen MR) is 52.8 cm³/mol. The average molecular weight is 210 g/mol. The highest BCUT2D eigenvalue weighted by Crippen LogP contribution is 2.25. The van der Waals surface area contributed by atoms with Gasteiger partial charge < -0.3 is 20.5 Å². The van der Waals surface area contributed by atoms with Crippen LogP contribution in [0, 0.1) is 0 Å². The molecule has 6 heteroatoms. The molecular weight excluding hydrogens is 191 g/mol. The van der Waals surface area contributed by atoms with Gasteiger partial charge in [-0.25, -0.2) is 0 Å². The second-order valence-corrected chi connectivity index (χ2v) is 3.69. The van der Waals surface area contributed by atoms with Gasteiger partial charge in [0.1, 0.15) is 0 Å². The van der Waals surface area contributed by atoms with Crippen molar-refractivity contribution in [3.63, 3.8) is 0 Å². The number of rotatable bonds is 8. The van der Waals surface area contributed by atoms with Crippen LogP contribution < -0.4 is 11.5 Å². The van der Waals surface area contributed by atoms with E-state index < -0.39 is 8.25 Å². The van der Waals surface area contributed by atoms with Crippen LogP contribution in [0.1, 0.15) is 19.8 Å². The first kappa shape index (κ1) is 13.1. The minimum atomic E-state index is -2.40. The molecule has 0 aliphatic heterocycles. The monoisotopic (exact) mass is 210 g/mol. The second-order valence-electron chi connectivity index (χ2n) is 2.66. The Morgan fingerprint density at radius 2 is 2.00 bits per heavy atom. The van der Waals surface area contributed by atoms with Gasteiger partial charge >= 0.3 is 8.25 Å². The van der Waals surface area contributed by atoms with Gasteiger partial charge in [0.25, 0.3) is 0 Å². The smallest absolute Gasteiger partial charge is 0.319 e. The Bertz CT molecular complexity index is 142. The van der Waals surface area contributed by atoms with Crippen LogP contribution in [0.2, 0.25) is 0 Å². The van der Waals surface area contributed by atoms with Gasteiger partial charge in [-0.3, -0.25) is 4.57 Å². The van der Waals surface area contributed by atoms with E-state index >= 15 is 0 Å². The van der Waals surface area contributed by atoms with Crippen molar-refractivity contribution in [1.82, 2.24) is 0 Å². The van der Waals surface area contributed by atoms with E-state index in [4.69, 9.17) is 20.5 Å². The van der Waals surface area contributed by atoms with Gasteiger partial charge in [-0.1, -0.05) is 13.3 Å². The molecule has 0 saturated carbocycles. The van der Waals surface area contributed by atoms with Crippen LogP contribution in [-0.2, 0) is 13.6 Å². The molecule has 0 rings (SSSR count). The van der Waals surface area contributed by atoms with Crippen molar-refractivity contribution in [1.29, 1.82) is 0 Å². The largest absolute Gasteiger partial charge is 0.328 e. The lowest BCUT2D eigenvalue weighted by molar-refractivity contribution is 0.172. The molecule has 80 valence electrons. The maximum atomic E-state index is 11.1. The predicted octanol–water partition coefficient (Wildman–Crippen LogP) is 0.495. The summed E-state index contributed by atoms with van der Waals surface area (Å²) in [5.74, 6) is 0. The molecule has 1 unspecified atom stereocenters. The van der Waals surface area contributed by atoms with Crippen molar-refractivity contribution >= 4 is 8.25 Å². The first-order chi connectivity index (χ1) is 6.24. The topological polar surface area (TPSA) is 87.6 Å². The Hall–Kier alpha value is 0.0700. The summed E-state index contributed by atoms with van der Waals surface area (Å²) in [7, 11) is -2.40. The molecule has 0 saturated heterocycles. The quantitative estimate of drug-likeness (QED) is 0.450. The molecule has 0 aromatic carbocycles. The molecule has 0 bridgehead atoms. The lowest BCUT2D eigenvalue weighted by Gasteiger charge is -2.12. The lowest BCUT2D eigenvalue weighted by atomic mass is 10.4. The van der Waals surface area contributed by atoms with Crippen molar-refractivity contribution in [2.75, 3.05) is 19.7 Å². The van der Waals surface area contributed by atoms with Crippen molar-refractivity contribution in [2.45, 2.75) is 25.9 Å². The van der Waals surface area contributed by atoms with Crippen LogP contribution in [-0.4, -0.2) is 25.8 Å². The summed E-state index contributed by atoms with van der Waals surface area (Å²) in [5, 5.41) is 0. The third-order valence-corrected chi connectivity index (χ3v) is 2.47. The number of hydrogen-bond donors (Lipinski definition) is 2. The molecule has 0 aliphatic rings. The molecule has 0 radical (unpaired) electrons. The summed E-state index contributed by atoms with van der Waals surface area (Å²) in [6.45, 7) is 3.04. The molecule has 0 amide bonds. The molecule has 0 aliphatic carbocycles. The molecule has 0 aromatic rings. The fourth-order valence-electron chi connectivity index (χ4n) is 0.662. The van der Waals surface area contributed by atoms with Gasteiger partial charge in [-0.15, -0.1) is 0 Å². The van der Waals surface area contributed by atoms with Crippen LogP contribution in [0.3, 0.4) is 0 Å². The Morgan fingerprint density at radius 3 is 2.46 bits per heavy atom. The van der Waals surface area contributed by atoms with Crippen LogP contribution in [0.4, 0.5) is 0 Å². The Kier molecular flexibility index (Phi) is 8.71. The molecule has 0 aromatic heterocycles. The molecule has 1 atom stereocenters. The first-order valence-electron chi connectivity index (χ1n) is 4.48. The van der Waals surface area contributed by atoms with E-state index in [9.17, 15) is 4.57 Å². The first-order valence-corrected chi connectivity index (χ1v) is 5.70. The van der Waals surface area contributed by atoms with E-state index in [0.717, 1.165) is 12.8 Å². The summed E-state index contributed by atoms with van der Waals surface area (Å²) in [6.07, 6.45) is 1.54. The summed E-state index contributed by atoms with van der Waals surface area (Å²) >= 11 is 0. The zero-order chi connectivity index (χ0) is 10.1. The molecule has 0 heterocycles. The fourth-order valence-corrected chi connectivity index (χ4v) is 1.51. The van der Waals surface area contributed by atoms with Gasteiger partial charge in [-0.2, -0.15) is 0 Å². The molecule has 4 N–H and O–H groups in total. The van der Waals surface area contributed by atoms with Crippen molar-refractivity contribution in [3.8, 4) is 0 Å². The van der Waals surface area contributed by atoms with Gasteiger partial charge in [0.2, 0.25) is 0 Å². The van der Waals surface area contributed by atoms with Gasteiger partial charge in [0, 0.05) is 13.1 Å². The van der Waals surface area contributed by atoms with Crippen molar-refractivity contribution < 1.29 is 13.6 Å². The zero-order valence-corrected chi connectivity index (χ0v) is 8.99. The number of hydrogen-bond acceptors (Lipinski definition) is 5. The Morgan fingerprint density at radius 1 is 1.38 bits per heavy atom. The van der Waals surface area contributed by atoms with E-state index in [2.05, 4.69) is 0 Å². The van der Waals surface area contributed by atoms with E-state index in [-0.39, 0.29) is 19.2 Å². The fraction of sp³-hybridized carbons (Fsp3) is 1.00. The summed E-state index contributed by atoms with van der Waals surface area (Å²) in [5.41, 5.74) is 10.6. The van der Waals surface area contributed by atoms with Crippen LogP contribution in [0.25, 0.3) is 0 Å². The minimum absolute atomic E-state index is 0.268. The average Bonchev–Trinajstić information content (AvgIpc) is 2.14. The third kappa shape index (κ3) is 7.16. The van der Waals surface area contributed by atoms with E-state index in [1.807, 2.05) is 6.92 Å². The second kappa shape index (κ2) is 8.66.